The molecule has 3 heterocycles. The number of rotatable bonds is 3. The molecule has 0 spiro atoms. The molecule has 4 bridgehead atoms. The molecule has 216 valence electrons. The second-order valence-electron chi connectivity index (χ2n) is 12.3. The van der Waals surface area contributed by atoms with Crippen molar-refractivity contribution >= 4 is 23.8 Å². The van der Waals surface area contributed by atoms with Gasteiger partial charge in [-0.05, 0) is 71.7 Å². The first-order chi connectivity index (χ1) is 20.1. The summed E-state index contributed by atoms with van der Waals surface area (Å²) in [6.07, 6.45) is -0.284. The van der Waals surface area contributed by atoms with E-state index in [2.05, 4.69) is 92.0 Å². The molecular formula is C34H37N5O2S. The van der Waals surface area contributed by atoms with Gasteiger partial charge in [-0.3, -0.25) is 14.4 Å². The Morgan fingerprint density at radius 2 is 1.69 bits per heavy atom. The lowest BCUT2D eigenvalue weighted by Gasteiger charge is -2.21. The van der Waals surface area contributed by atoms with Crippen LogP contribution in [0.5, 0.6) is 5.88 Å². The maximum atomic E-state index is 13.4. The molecule has 1 saturated heterocycles. The summed E-state index contributed by atoms with van der Waals surface area (Å²) in [5, 5.41) is 3.26. The van der Waals surface area contributed by atoms with E-state index in [1.54, 1.807) is 0 Å². The van der Waals surface area contributed by atoms with E-state index in [0.717, 1.165) is 33.8 Å². The lowest BCUT2D eigenvalue weighted by molar-refractivity contribution is 0.0901. The van der Waals surface area contributed by atoms with Crippen LogP contribution in [0.25, 0.3) is 11.3 Å². The Kier molecular flexibility index (Phi) is 7.68. The van der Waals surface area contributed by atoms with Crippen molar-refractivity contribution in [3.05, 3.63) is 101 Å². The van der Waals surface area contributed by atoms with E-state index in [1.165, 1.54) is 23.1 Å². The Morgan fingerprint density at radius 1 is 0.952 bits per heavy atom. The normalized spacial score (nSPS) is 18.9. The van der Waals surface area contributed by atoms with Crippen molar-refractivity contribution in [2.75, 3.05) is 17.8 Å². The van der Waals surface area contributed by atoms with Crippen molar-refractivity contribution in [1.82, 2.24) is 20.2 Å². The number of hydrogen-bond donors (Lipinski definition) is 2. The second kappa shape index (κ2) is 11.4. The van der Waals surface area contributed by atoms with Crippen LogP contribution in [0.4, 0.5) is 5.95 Å². The molecule has 2 atom stereocenters. The molecular weight excluding hydrogens is 542 g/mol. The number of fused-ring (bicyclic) bond motifs is 5. The summed E-state index contributed by atoms with van der Waals surface area (Å²) >= 11 is 1.37. The standard InChI is InChI=1S/C34H37N5O2S/c1-21-8-6-9-22(2)31(21)27-17-30-37-33(36-27)38-42-26-11-7-10-24(16-26)32(40)35-28-19-39(20-29(28)41-30)18-23-12-14-25(15-13-23)34(3,4)5/h6-17,28-29H,18-20H2,1-5H3,(H,35,40)(H,36,37,38)/t28-,29-/m1/s1. The smallest absolute Gasteiger partial charge is 0.251 e. The number of carbonyl (C=O) groups is 1. The number of hydrogen-bond acceptors (Lipinski definition) is 7. The summed E-state index contributed by atoms with van der Waals surface area (Å²) in [4.78, 5) is 26.2. The molecule has 42 heavy (non-hydrogen) atoms. The third kappa shape index (κ3) is 6.15. The number of amides is 1. The van der Waals surface area contributed by atoms with E-state index in [4.69, 9.17) is 14.7 Å². The molecule has 1 amide bonds. The molecule has 3 aromatic carbocycles. The quantitative estimate of drug-likeness (QED) is 0.266. The number of ether oxygens (including phenoxy) is 1. The predicted octanol–water partition coefficient (Wildman–Crippen LogP) is 6.55. The van der Waals surface area contributed by atoms with Gasteiger partial charge in [-0.2, -0.15) is 4.98 Å². The fourth-order valence-electron chi connectivity index (χ4n) is 5.70. The van der Waals surface area contributed by atoms with Gasteiger partial charge in [-0.25, -0.2) is 4.98 Å². The highest BCUT2D eigenvalue weighted by atomic mass is 32.2. The van der Waals surface area contributed by atoms with Gasteiger partial charge >= 0.3 is 0 Å². The molecule has 0 saturated carbocycles. The Labute approximate surface area is 252 Å². The van der Waals surface area contributed by atoms with Crippen LogP contribution in [0.2, 0.25) is 0 Å². The summed E-state index contributed by atoms with van der Waals surface area (Å²) in [5.41, 5.74) is 7.42. The minimum atomic E-state index is -0.284. The van der Waals surface area contributed by atoms with Gasteiger partial charge in [0.1, 0.15) is 6.10 Å². The van der Waals surface area contributed by atoms with Gasteiger partial charge in [0.05, 0.1) is 11.7 Å². The van der Waals surface area contributed by atoms with Crippen molar-refractivity contribution in [1.29, 1.82) is 0 Å². The van der Waals surface area contributed by atoms with E-state index in [9.17, 15) is 4.79 Å². The van der Waals surface area contributed by atoms with Crippen LogP contribution in [0.3, 0.4) is 0 Å². The van der Waals surface area contributed by atoms with Crippen LogP contribution < -0.4 is 14.8 Å². The number of anilines is 1. The summed E-state index contributed by atoms with van der Waals surface area (Å²) < 4.78 is 9.90. The molecule has 6 rings (SSSR count). The van der Waals surface area contributed by atoms with Gasteiger partial charge < -0.3 is 10.1 Å². The summed E-state index contributed by atoms with van der Waals surface area (Å²) in [6, 6.07) is 24.4. The van der Waals surface area contributed by atoms with Gasteiger partial charge in [-0.15, -0.1) is 0 Å². The van der Waals surface area contributed by atoms with Gasteiger partial charge in [0.25, 0.3) is 5.91 Å². The van der Waals surface area contributed by atoms with Gasteiger partial charge in [0.15, 0.2) is 0 Å². The van der Waals surface area contributed by atoms with E-state index >= 15 is 0 Å². The number of benzene rings is 3. The molecule has 4 aromatic rings. The van der Waals surface area contributed by atoms with Crippen LogP contribution in [-0.2, 0) is 12.0 Å². The molecule has 7 nitrogen and oxygen atoms in total. The first kappa shape index (κ1) is 28.2. The minimum absolute atomic E-state index is 0.110. The molecule has 2 aliphatic rings. The molecule has 2 aliphatic heterocycles. The zero-order chi connectivity index (χ0) is 29.4. The molecule has 0 radical (unpaired) electrons. The zero-order valence-electron chi connectivity index (χ0n) is 24.8. The van der Waals surface area contributed by atoms with Crippen molar-refractivity contribution < 1.29 is 9.53 Å². The van der Waals surface area contributed by atoms with Crippen molar-refractivity contribution in [2.45, 2.75) is 63.6 Å². The molecule has 0 aliphatic carbocycles. The topological polar surface area (TPSA) is 79.4 Å². The van der Waals surface area contributed by atoms with Crippen LogP contribution in [-0.4, -0.2) is 46.0 Å². The third-order valence-electron chi connectivity index (χ3n) is 7.95. The summed E-state index contributed by atoms with van der Waals surface area (Å²) in [5.74, 6) is 0.836. The van der Waals surface area contributed by atoms with Crippen molar-refractivity contribution in [3.63, 3.8) is 0 Å². The highest BCUT2D eigenvalue weighted by Gasteiger charge is 2.36. The number of nitrogens with zero attached hydrogens (tertiary/aromatic N) is 3. The predicted molar refractivity (Wildman–Crippen MR) is 169 cm³/mol. The Bertz CT molecular complexity index is 1600. The average Bonchev–Trinajstić information content (AvgIpc) is 3.31. The minimum Gasteiger partial charge on any atom is -0.471 e. The number of aryl methyl sites for hydroxylation is 2. The van der Waals surface area contributed by atoms with E-state index in [1.807, 2.05) is 30.3 Å². The Hall–Kier alpha value is -3.88. The number of aromatic nitrogens is 2. The molecule has 8 heteroatoms. The maximum Gasteiger partial charge on any atom is 0.251 e. The lowest BCUT2D eigenvalue weighted by Crippen LogP contribution is -2.45. The van der Waals surface area contributed by atoms with Gasteiger partial charge in [0, 0.05) is 41.7 Å². The number of carbonyl (C=O) groups excluding carboxylic acids is 1. The van der Waals surface area contributed by atoms with Crippen LogP contribution in [0, 0.1) is 13.8 Å². The third-order valence-corrected chi connectivity index (χ3v) is 8.73. The maximum absolute atomic E-state index is 13.4. The molecule has 2 N–H and O–H groups in total. The molecule has 0 unspecified atom stereocenters. The van der Waals surface area contributed by atoms with Crippen LogP contribution in [0.1, 0.15) is 53.4 Å². The first-order valence-corrected chi connectivity index (χ1v) is 15.2. The highest BCUT2D eigenvalue weighted by Crippen LogP contribution is 2.32. The zero-order valence-corrected chi connectivity index (χ0v) is 25.6. The highest BCUT2D eigenvalue weighted by molar-refractivity contribution is 8.00. The van der Waals surface area contributed by atoms with Crippen molar-refractivity contribution in [3.8, 4) is 17.1 Å². The Balaban J connectivity index is 1.34. The van der Waals surface area contributed by atoms with Gasteiger partial charge in [-0.1, -0.05) is 69.3 Å². The van der Waals surface area contributed by atoms with Gasteiger partial charge in [0.2, 0.25) is 11.8 Å². The SMILES string of the molecule is Cc1cccc(C)c1-c1cc2nc(n1)NSc1cccc(c1)C(=O)N[C@@H]1CN(Cc3ccc(C(C)(C)C)cc3)C[C@H]1O2. The first-order valence-electron chi connectivity index (χ1n) is 14.4. The Morgan fingerprint density at radius 3 is 2.43 bits per heavy atom. The summed E-state index contributed by atoms with van der Waals surface area (Å²) in [6.45, 7) is 13.0. The fraction of sp³-hybridized carbons (Fsp3) is 0.324. The van der Waals surface area contributed by atoms with Crippen LogP contribution in [0.15, 0.2) is 77.7 Å². The van der Waals surface area contributed by atoms with E-state index in [0.29, 0.717) is 30.5 Å². The second-order valence-corrected chi connectivity index (χ2v) is 13.2. The number of nitrogens with one attached hydrogen (secondary N) is 2. The van der Waals surface area contributed by atoms with E-state index < -0.39 is 0 Å². The molecule has 1 fully saturated rings. The van der Waals surface area contributed by atoms with Crippen LogP contribution >= 0.6 is 11.9 Å². The van der Waals surface area contributed by atoms with Crippen molar-refractivity contribution in [2.24, 2.45) is 0 Å². The van der Waals surface area contributed by atoms with E-state index in [-0.39, 0.29) is 23.5 Å². The number of likely N-dealkylation sites (tertiary alicyclic amines) is 1. The lowest BCUT2D eigenvalue weighted by atomic mass is 9.87. The average molecular weight is 580 g/mol. The largest absolute Gasteiger partial charge is 0.471 e. The summed E-state index contributed by atoms with van der Waals surface area (Å²) in [7, 11) is 0. The monoisotopic (exact) mass is 579 g/mol. The molecule has 1 aromatic heterocycles. The fourth-order valence-corrected chi connectivity index (χ4v) is 6.33.